The van der Waals surface area contributed by atoms with Gasteiger partial charge in [0, 0.05) is 0 Å². The van der Waals surface area contributed by atoms with Crippen molar-refractivity contribution in [2.24, 2.45) is 0 Å². The summed E-state index contributed by atoms with van der Waals surface area (Å²) in [6, 6.07) is 3.90. The van der Waals surface area contributed by atoms with Crippen molar-refractivity contribution >= 4 is 5.97 Å². The second kappa shape index (κ2) is 5.71. The number of ether oxygens (including phenoxy) is 1. The second-order valence-electron chi connectivity index (χ2n) is 4.47. The van der Waals surface area contributed by atoms with E-state index in [-0.39, 0.29) is 6.42 Å². The SMILES string of the molecule is CCOc1cc(C)c(CC(=O)O)cc1C(C)C. The van der Waals surface area contributed by atoms with E-state index in [1.165, 1.54) is 0 Å². The van der Waals surface area contributed by atoms with Gasteiger partial charge in [0.25, 0.3) is 0 Å². The minimum Gasteiger partial charge on any atom is -0.494 e. The molecule has 1 N–H and O–H groups in total. The molecule has 0 unspecified atom stereocenters. The smallest absolute Gasteiger partial charge is 0.307 e. The summed E-state index contributed by atoms with van der Waals surface area (Å²) in [6.07, 6.45) is 0.0674. The molecule has 0 bridgehead atoms. The monoisotopic (exact) mass is 236 g/mol. The van der Waals surface area contributed by atoms with Gasteiger partial charge in [-0.1, -0.05) is 19.9 Å². The fraction of sp³-hybridized carbons (Fsp3) is 0.500. The van der Waals surface area contributed by atoms with Gasteiger partial charge in [0.15, 0.2) is 0 Å². The Bertz CT molecular complexity index is 408. The van der Waals surface area contributed by atoms with Crippen LogP contribution in [-0.2, 0) is 11.2 Å². The molecule has 1 aromatic rings. The first kappa shape index (κ1) is 13.6. The van der Waals surface area contributed by atoms with Crippen molar-refractivity contribution < 1.29 is 14.6 Å². The summed E-state index contributed by atoms with van der Waals surface area (Å²) in [5, 5.41) is 8.86. The van der Waals surface area contributed by atoms with Crippen LogP contribution in [-0.4, -0.2) is 17.7 Å². The van der Waals surface area contributed by atoms with Crippen LogP contribution in [0.15, 0.2) is 12.1 Å². The summed E-state index contributed by atoms with van der Waals surface area (Å²) in [5.41, 5.74) is 2.92. The number of hydrogen-bond donors (Lipinski definition) is 1. The molecule has 0 saturated carbocycles. The van der Waals surface area contributed by atoms with Crippen LogP contribution in [0.3, 0.4) is 0 Å². The number of carboxylic acids is 1. The first-order valence-electron chi connectivity index (χ1n) is 5.93. The molecular weight excluding hydrogens is 216 g/mol. The highest BCUT2D eigenvalue weighted by atomic mass is 16.5. The minimum atomic E-state index is -0.799. The van der Waals surface area contributed by atoms with Gasteiger partial charge in [-0.15, -0.1) is 0 Å². The molecule has 0 aliphatic carbocycles. The summed E-state index contributed by atoms with van der Waals surface area (Å²) < 4.78 is 5.59. The molecule has 0 aromatic heterocycles. The van der Waals surface area contributed by atoms with Crippen molar-refractivity contribution in [1.29, 1.82) is 0 Å². The van der Waals surface area contributed by atoms with Crippen LogP contribution >= 0.6 is 0 Å². The van der Waals surface area contributed by atoms with Gasteiger partial charge in [0.05, 0.1) is 13.0 Å². The van der Waals surface area contributed by atoms with E-state index in [0.717, 1.165) is 22.4 Å². The third-order valence-corrected chi connectivity index (χ3v) is 2.73. The third-order valence-electron chi connectivity index (χ3n) is 2.73. The summed E-state index contributed by atoms with van der Waals surface area (Å²) in [4.78, 5) is 10.8. The maximum absolute atomic E-state index is 10.8. The van der Waals surface area contributed by atoms with Gasteiger partial charge in [-0.3, -0.25) is 4.79 Å². The fourth-order valence-electron chi connectivity index (χ4n) is 1.83. The molecule has 0 heterocycles. The van der Waals surface area contributed by atoms with E-state index in [0.29, 0.717) is 12.5 Å². The number of rotatable bonds is 5. The van der Waals surface area contributed by atoms with Crippen molar-refractivity contribution in [2.75, 3.05) is 6.61 Å². The Morgan fingerprint density at radius 1 is 1.41 bits per heavy atom. The lowest BCUT2D eigenvalue weighted by Gasteiger charge is -2.16. The van der Waals surface area contributed by atoms with Gasteiger partial charge in [-0.2, -0.15) is 0 Å². The van der Waals surface area contributed by atoms with E-state index >= 15 is 0 Å². The molecule has 0 amide bonds. The molecular formula is C14H20O3. The van der Waals surface area contributed by atoms with Crippen LogP contribution in [0.4, 0.5) is 0 Å². The Hall–Kier alpha value is -1.51. The molecule has 0 spiro atoms. The number of benzene rings is 1. The summed E-state index contributed by atoms with van der Waals surface area (Å²) in [6.45, 7) is 8.66. The molecule has 94 valence electrons. The summed E-state index contributed by atoms with van der Waals surface area (Å²) in [7, 11) is 0. The van der Waals surface area contributed by atoms with Crippen molar-refractivity contribution in [3.8, 4) is 5.75 Å². The molecule has 0 aliphatic rings. The topological polar surface area (TPSA) is 46.5 Å². The van der Waals surface area contributed by atoms with Crippen LogP contribution in [0.5, 0.6) is 5.75 Å². The second-order valence-corrected chi connectivity index (χ2v) is 4.47. The number of carbonyl (C=O) groups is 1. The Balaban J connectivity index is 3.19. The van der Waals surface area contributed by atoms with E-state index in [1.54, 1.807) is 0 Å². The fourth-order valence-corrected chi connectivity index (χ4v) is 1.83. The van der Waals surface area contributed by atoms with E-state index < -0.39 is 5.97 Å². The van der Waals surface area contributed by atoms with Crippen molar-refractivity contribution in [3.63, 3.8) is 0 Å². The molecule has 0 fully saturated rings. The van der Waals surface area contributed by atoms with Gasteiger partial charge in [0.2, 0.25) is 0 Å². The van der Waals surface area contributed by atoms with Gasteiger partial charge < -0.3 is 9.84 Å². The number of aliphatic carboxylic acids is 1. The number of hydrogen-bond acceptors (Lipinski definition) is 2. The maximum atomic E-state index is 10.8. The molecule has 0 atom stereocenters. The van der Waals surface area contributed by atoms with E-state index in [2.05, 4.69) is 13.8 Å². The molecule has 1 aromatic carbocycles. The third kappa shape index (κ3) is 3.48. The highest BCUT2D eigenvalue weighted by Crippen LogP contribution is 2.30. The maximum Gasteiger partial charge on any atom is 0.307 e. The molecule has 0 radical (unpaired) electrons. The van der Waals surface area contributed by atoms with E-state index in [1.807, 2.05) is 26.0 Å². The molecule has 3 nitrogen and oxygen atoms in total. The lowest BCUT2D eigenvalue weighted by atomic mass is 9.95. The Kier molecular flexibility index (Phi) is 4.55. The Labute approximate surface area is 102 Å². The van der Waals surface area contributed by atoms with E-state index in [4.69, 9.17) is 9.84 Å². The van der Waals surface area contributed by atoms with Crippen LogP contribution < -0.4 is 4.74 Å². The zero-order chi connectivity index (χ0) is 13.0. The summed E-state index contributed by atoms with van der Waals surface area (Å²) in [5.74, 6) is 0.394. The minimum absolute atomic E-state index is 0.0674. The largest absolute Gasteiger partial charge is 0.494 e. The molecule has 0 saturated heterocycles. The highest BCUT2D eigenvalue weighted by molar-refractivity contribution is 5.71. The standard InChI is InChI=1S/C14H20O3/c1-5-17-13-6-10(4)11(8-14(15)16)7-12(13)9(2)3/h6-7,9H,5,8H2,1-4H3,(H,15,16). The van der Waals surface area contributed by atoms with Crippen LogP contribution in [0, 0.1) is 6.92 Å². The molecule has 17 heavy (non-hydrogen) atoms. The van der Waals surface area contributed by atoms with Gasteiger partial charge in [-0.25, -0.2) is 0 Å². The number of aryl methyl sites for hydroxylation is 1. The molecule has 1 rings (SSSR count). The van der Waals surface area contributed by atoms with Crippen LogP contribution in [0.1, 0.15) is 43.4 Å². The van der Waals surface area contributed by atoms with Crippen molar-refractivity contribution in [1.82, 2.24) is 0 Å². The predicted octanol–water partition coefficient (Wildman–Crippen LogP) is 3.14. The lowest BCUT2D eigenvalue weighted by Crippen LogP contribution is -2.05. The first-order chi connectivity index (χ1) is 7.95. The van der Waals surface area contributed by atoms with Crippen molar-refractivity contribution in [3.05, 3.63) is 28.8 Å². The summed E-state index contributed by atoms with van der Waals surface area (Å²) >= 11 is 0. The van der Waals surface area contributed by atoms with Gasteiger partial charge in [0.1, 0.15) is 5.75 Å². The first-order valence-corrected chi connectivity index (χ1v) is 5.93. The van der Waals surface area contributed by atoms with Crippen molar-refractivity contribution in [2.45, 2.75) is 40.0 Å². The quantitative estimate of drug-likeness (QED) is 0.854. The zero-order valence-corrected chi connectivity index (χ0v) is 10.9. The average molecular weight is 236 g/mol. The zero-order valence-electron chi connectivity index (χ0n) is 10.9. The Morgan fingerprint density at radius 3 is 2.53 bits per heavy atom. The van der Waals surface area contributed by atoms with Crippen LogP contribution in [0.25, 0.3) is 0 Å². The Morgan fingerprint density at radius 2 is 2.06 bits per heavy atom. The lowest BCUT2D eigenvalue weighted by molar-refractivity contribution is -0.136. The highest BCUT2D eigenvalue weighted by Gasteiger charge is 2.13. The number of carboxylic acid groups (broad SMARTS) is 1. The van der Waals surface area contributed by atoms with Crippen LogP contribution in [0.2, 0.25) is 0 Å². The molecule has 0 aliphatic heterocycles. The van der Waals surface area contributed by atoms with Gasteiger partial charge in [-0.05, 0) is 42.5 Å². The average Bonchev–Trinajstić information content (AvgIpc) is 2.21. The predicted molar refractivity (Wildman–Crippen MR) is 67.8 cm³/mol. The molecule has 3 heteroatoms. The van der Waals surface area contributed by atoms with Gasteiger partial charge >= 0.3 is 5.97 Å². The normalized spacial score (nSPS) is 10.6. The van der Waals surface area contributed by atoms with E-state index in [9.17, 15) is 4.79 Å².